The fourth-order valence-electron chi connectivity index (χ4n) is 1.63. The Balaban J connectivity index is 1.89. The molecule has 1 fully saturated rings. The zero-order chi connectivity index (χ0) is 8.93. The highest BCUT2D eigenvalue weighted by atomic mass is 32.1. The Morgan fingerprint density at radius 2 is 2.08 bits per heavy atom. The Labute approximate surface area is 83.7 Å². The smallest absolute Gasteiger partial charge is 0.0284 e. The van der Waals surface area contributed by atoms with Gasteiger partial charge in [-0.05, 0) is 36.8 Å². The molecule has 0 aromatic carbocycles. The molecule has 2 heteroatoms. The van der Waals surface area contributed by atoms with Crippen LogP contribution in [0.25, 0.3) is 6.08 Å². The minimum absolute atomic E-state index is 1.24. The van der Waals surface area contributed by atoms with Gasteiger partial charge >= 0.3 is 0 Å². The van der Waals surface area contributed by atoms with Crippen molar-refractivity contribution in [2.45, 2.75) is 19.3 Å². The second-order valence-corrected chi connectivity index (χ2v) is 4.41. The lowest BCUT2D eigenvalue weighted by Gasteiger charge is -2.24. The highest BCUT2D eigenvalue weighted by Crippen LogP contribution is 2.13. The van der Waals surface area contributed by atoms with Crippen LogP contribution in [-0.4, -0.2) is 18.0 Å². The Bertz CT molecular complexity index is 258. The van der Waals surface area contributed by atoms with E-state index in [4.69, 9.17) is 0 Å². The SMILES string of the molecule is C(=C\N1CCCCC1)/c1cccs1. The second-order valence-electron chi connectivity index (χ2n) is 3.43. The van der Waals surface area contributed by atoms with Gasteiger partial charge in [0.05, 0.1) is 0 Å². The largest absolute Gasteiger partial charge is 0.377 e. The highest BCUT2D eigenvalue weighted by molar-refractivity contribution is 7.10. The molecule has 2 rings (SSSR count). The first kappa shape index (κ1) is 8.82. The van der Waals surface area contributed by atoms with Gasteiger partial charge in [0.1, 0.15) is 0 Å². The predicted molar refractivity (Wildman–Crippen MR) is 58.8 cm³/mol. The molecule has 0 saturated carbocycles. The summed E-state index contributed by atoms with van der Waals surface area (Å²) in [7, 11) is 0. The molecule has 0 N–H and O–H groups in total. The predicted octanol–water partition coefficient (Wildman–Crippen LogP) is 3.20. The van der Waals surface area contributed by atoms with Gasteiger partial charge in [-0.15, -0.1) is 11.3 Å². The lowest BCUT2D eigenvalue weighted by atomic mass is 10.1. The molecule has 1 saturated heterocycles. The zero-order valence-corrected chi connectivity index (χ0v) is 8.59. The fraction of sp³-hybridized carbons (Fsp3) is 0.455. The highest BCUT2D eigenvalue weighted by Gasteiger charge is 2.04. The molecule has 70 valence electrons. The lowest BCUT2D eigenvalue weighted by molar-refractivity contribution is 0.311. The van der Waals surface area contributed by atoms with Gasteiger partial charge in [-0.2, -0.15) is 0 Å². The van der Waals surface area contributed by atoms with Crippen LogP contribution in [-0.2, 0) is 0 Å². The number of piperidine rings is 1. The summed E-state index contributed by atoms with van der Waals surface area (Å²) in [6.07, 6.45) is 8.58. The molecule has 0 amide bonds. The lowest BCUT2D eigenvalue weighted by Crippen LogP contribution is -2.23. The van der Waals surface area contributed by atoms with E-state index in [1.807, 2.05) is 0 Å². The average Bonchev–Trinajstić information content (AvgIpc) is 2.69. The van der Waals surface area contributed by atoms with Crippen molar-refractivity contribution in [1.29, 1.82) is 0 Å². The van der Waals surface area contributed by atoms with E-state index in [0.717, 1.165) is 0 Å². The average molecular weight is 193 g/mol. The number of likely N-dealkylation sites (tertiary alicyclic amines) is 1. The van der Waals surface area contributed by atoms with E-state index in [1.54, 1.807) is 11.3 Å². The van der Waals surface area contributed by atoms with E-state index < -0.39 is 0 Å². The van der Waals surface area contributed by atoms with Crippen molar-refractivity contribution in [3.63, 3.8) is 0 Å². The van der Waals surface area contributed by atoms with Crippen LogP contribution >= 0.6 is 11.3 Å². The minimum atomic E-state index is 1.24. The molecule has 1 aliphatic heterocycles. The van der Waals surface area contributed by atoms with Crippen molar-refractivity contribution in [3.8, 4) is 0 Å². The second kappa shape index (κ2) is 4.47. The van der Waals surface area contributed by atoms with Crippen molar-refractivity contribution < 1.29 is 0 Å². The fourth-order valence-corrected chi connectivity index (χ4v) is 2.24. The summed E-state index contributed by atoms with van der Waals surface area (Å²) in [5.74, 6) is 0. The maximum Gasteiger partial charge on any atom is 0.0284 e. The number of rotatable bonds is 2. The maximum atomic E-state index is 2.42. The molecule has 1 aromatic rings. The topological polar surface area (TPSA) is 3.24 Å². The van der Waals surface area contributed by atoms with Crippen LogP contribution < -0.4 is 0 Å². The first-order chi connectivity index (χ1) is 6.45. The van der Waals surface area contributed by atoms with E-state index >= 15 is 0 Å². The van der Waals surface area contributed by atoms with Crippen molar-refractivity contribution >= 4 is 17.4 Å². The summed E-state index contributed by atoms with van der Waals surface area (Å²) in [5.41, 5.74) is 0. The summed E-state index contributed by atoms with van der Waals surface area (Å²) in [5, 5.41) is 2.12. The molecule has 2 heterocycles. The van der Waals surface area contributed by atoms with Gasteiger partial charge < -0.3 is 4.90 Å². The van der Waals surface area contributed by atoms with Gasteiger partial charge in [0, 0.05) is 24.2 Å². The van der Waals surface area contributed by atoms with Gasteiger partial charge in [-0.3, -0.25) is 0 Å². The van der Waals surface area contributed by atoms with E-state index in [0.29, 0.717) is 0 Å². The molecule has 0 bridgehead atoms. The van der Waals surface area contributed by atoms with Crippen molar-refractivity contribution in [1.82, 2.24) is 4.90 Å². The molecule has 1 nitrogen and oxygen atoms in total. The molecule has 13 heavy (non-hydrogen) atoms. The standard InChI is InChI=1S/C11H15NS/c1-2-7-12(8-3-1)9-6-11-5-4-10-13-11/h4-6,9-10H,1-3,7-8H2/b9-6+. The van der Waals surface area contributed by atoms with Crippen LogP contribution in [0.15, 0.2) is 23.7 Å². The molecule has 1 aromatic heterocycles. The number of thiophene rings is 1. The third kappa shape index (κ3) is 2.59. The van der Waals surface area contributed by atoms with Crippen LogP contribution in [0, 0.1) is 0 Å². The van der Waals surface area contributed by atoms with Gasteiger partial charge in [0.15, 0.2) is 0 Å². The van der Waals surface area contributed by atoms with E-state index in [9.17, 15) is 0 Å². The van der Waals surface area contributed by atoms with Crippen molar-refractivity contribution in [2.24, 2.45) is 0 Å². The zero-order valence-electron chi connectivity index (χ0n) is 7.78. The molecule has 0 spiro atoms. The minimum Gasteiger partial charge on any atom is -0.377 e. The van der Waals surface area contributed by atoms with Crippen molar-refractivity contribution in [3.05, 3.63) is 28.6 Å². The molecular formula is C11H15NS. The Morgan fingerprint density at radius 1 is 1.23 bits per heavy atom. The summed E-state index contributed by atoms with van der Waals surface area (Å²) in [6, 6.07) is 4.26. The number of hydrogen-bond donors (Lipinski definition) is 0. The van der Waals surface area contributed by atoms with Crippen LogP contribution in [0.2, 0.25) is 0 Å². The van der Waals surface area contributed by atoms with Crippen LogP contribution in [0.3, 0.4) is 0 Å². The molecule has 0 atom stereocenters. The molecule has 0 aliphatic carbocycles. The van der Waals surface area contributed by atoms with Crippen molar-refractivity contribution in [2.75, 3.05) is 13.1 Å². The number of nitrogens with zero attached hydrogens (tertiary/aromatic N) is 1. The Kier molecular flexibility index (Phi) is 3.03. The normalized spacial score (nSPS) is 18.3. The third-order valence-corrected chi connectivity index (χ3v) is 3.22. The molecule has 0 unspecified atom stereocenters. The summed E-state index contributed by atoms with van der Waals surface area (Å²) in [4.78, 5) is 3.77. The van der Waals surface area contributed by atoms with Crippen LogP contribution in [0.4, 0.5) is 0 Å². The van der Waals surface area contributed by atoms with Gasteiger partial charge in [0.2, 0.25) is 0 Å². The van der Waals surface area contributed by atoms with E-state index in [2.05, 4.69) is 34.7 Å². The molecular weight excluding hydrogens is 178 g/mol. The summed E-state index contributed by atoms with van der Waals surface area (Å²) >= 11 is 1.80. The Hall–Kier alpha value is -0.760. The van der Waals surface area contributed by atoms with Gasteiger partial charge in [-0.25, -0.2) is 0 Å². The maximum absolute atomic E-state index is 2.42. The molecule has 1 aliphatic rings. The van der Waals surface area contributed by atoms with Crippen LogP contribution in [0.1, 0.15) is 24.1 Å². The summed E-state index contributed by atoms with van der Waals surface area (Å²) < 4.78 is 0. The van der Waals surface area contributed by atoms with E-state index in [1.165, 1.54) is 37.2 Å². The van der Waals surface area contributed by atoms with E-state index in [-0.39, 0.29) is 0 Å². The monoisotopic (exact) mass is 193 g/mol. The van der Waals surface area contributed by atoms with Crippen LogP contribution in [0.5, 0.6) is 0 Å². The third-order valence-electron chi connectivity index (χ3n) is 2.38. The van der Waals surface area contributed by atoms with Gasteiger partial charge in [0.25, 0.3) is 0 Å². The first-order valence-electron chi connectivity index (χ1n) is 4.91. The first-order valence-corrected chi connectivity index (χ1v) is 5.79. The van der Waals surface area contributed by atoms with Gasteiger partial charge in [-0.1, -0.05) is 6.07 Å². The quantitative estimate of drug-likeness (QED) is 0.697. The Morgan fingerprint density at radius 3 is 2.77 bits per heavy atom. The summed E-state index contributed by atoms with van der Waals surface area (Å²) in [6.45, 7) is 2.48. The number of hydrogen-bond acceptors (Lipinski definition) is 2. The molecule has 0 radical (unpaired) electrons.